The number of carboxylic acids is 1. The van der Waals surface area contributed by atoms with Gasteiger partial charge in [-0.15, -0.1) is 0 Å². The van der Waals surface area contributed by atoms with Crippen LogP contribution < -0.4 is 10.6 Å². The van der Waals surface area contributed by atoms with Crippen LogP contribution in [0.4, 0.5) is 13.2 Å². The van der Waals surface area contributed by atoms with Gasteiger partial charge < -0.3 is 15.7 Å². The van der Waals surface area contributed by atoms with Crippen LogP contribution in [0.1, 0.15) is 36.2 Å². The van der Waals surface area contributed by atoms with Crippen molar-refractivity contribution in [1.82, 2.24) is 10.6 Å². The number of amides is 2. The van der Waals surface area contributed by atoms with Crippen LogP contribution >= 0.6 is 0 Å². The van der Waals surface area contributed by atoms with Gasteiger partial charge in [-0.25, -0.2) is 4.79 Å². The number of halogens is 3. The average Bonchev–Trinajstić information content (AvgIpc) is 2.50. The van der Waals surface area contributed by atoms with Crippen LogP contribution in [-0.2, 0) is 15.8 Å². The van der Waals surface area contributed by atoms with E-state index in [1.54, 1.807) is 13.8 Å². The molecule has 0 heterocycles. The zero-order chi connectivity index (χ0) is 19.2. The summed E-state index contributed by atoms with van der Waals surface area (Å²) in [5.74, 6) is -3.09. The lowest BCUT2D eigenvalue weighted by Gasteiger charge is -2.17. The third-order valence-corrected chi connectivity index (χ3v) is 3.23. The maximum Gasteiger partial charge on any atom is 0.417 e. The van der Waals surface area contributed by atoms with E-state index in [0.717, 1.165) is 18.2 Å². The molecule has 0 aliphatic carbocycles. The van der Waals surface area contributed by atoms with E-state index < -0.39 is 47.7 Å². The predicted octanol–water partition coefficient (Wildman–Crippen LogP) is 2.05. The molecule has 0 spiro atoms. The Morgan fingerprint density at radius 2 is 1.76 bits per heavy atom. The Labute approximate surface area is 142 Å². The highest BCUT2D eigenvalue weighted by Gasteiger charge is 2.34. The molecule has 1 rings (SSSR count). The van der Waals surface area contributed by atoms with Gasteiger partial charge in [0, 0.05) is 0 Å². The molecule has 25 heavy (non-hydrogen) atoms. The monoisotopic (exact) mass is 360 g/mol. The van der Waals surface area contributed by atoms with Crippen molar-refractivity contribution in [3.8, 4) is 0 Å². The van der Waals surface area contributed by atoms with Gasteiger partial charge in [-0.2, -0.15) is 13.2 Å². The summed E-state index contributed by atoms with van der Waals surface area (Å²) in [6, 6.07) is 3.04. The number of carboxylic acid groups (broad SMARTS) is 1. The molecule has 0 aliphatic heterocycles. The molecule has 9 heteroatoms. The molecular formula is C16H19F3N2O4. The SMILES string of the molecule is CC(C)C[C@H](NC(=O)CNC(=O)c1ccccc1C(F)(F)F)C(=O)O. The van der Waals surface area contributed by atoms with Gasteiger partial charge in [0.1, 0.15) is 6.04 Å². The van der Waals surface area contributed by atoms with Crippen molar-refractivity contribution in [2.75, 3.05) is 6.54 Å². The third-order valence-electron chi connectivity index (χ3n) is 3.23. The van der Waals surface area contributed by atoms with Crippen molar-refractivity contribution >= 4 is 17.8 Å². The summed E-state index contributed by atoms with van der Waals surface area (Å²) >= 11 is 0. The smallest absolute Gasteiger partial charge is 0.417 e. The number of carbonyl (C=O) groups is 3. The Morgan fingerprint density at radius 3 is 2.28 bits per heavy atom. The number of nitrogens with one attached hydrogen (secondary N) is 2. The Kier molecular flexibility index (Phi) is 6.96. The van der Waals surface area contributed by atoms with Crippen LogP contribution in [-0.4, -0.2) is 35.5 Å². The van der Waals surface area contributed by atoms with E-state index in [-0.39, 0.29) is 12.3 Å². The fourth-order valence-electron chi connectivity index (χ4n) is 2.12. The van der Waals surface area contributed by atoms with Crippen molar-refractivity contribution in [3.63, 3.8) is 0 Å². The highest BCUT2D eigenvalue weighted by atomic mass is 19.4. The maximum atomic E-state index is 12.9. The first kappa shape index (κ1) is 20.5. The van der Waals surface area contributed by atoms with E-state index >= 15 is 0 Å². The highest BCUT2D eigenvalue weighted by molar-refractivity contribution is 5.98. The summed E-state index contributed by atoms with van der Waals surface area (Å²) < 4.78 is 38.6. The van der Waals surface area contributed by atoms with Crippen molar-refractivity contribution < 1.29 is 32.7 Å². The zero-order valence-corrected chi connectivity index (χ0v) is 13.7. The van der Waals surface area contributed by atoms with E-state index in [1.165, 1.54) is 6.07 Å². The van der Waals surface area contributed by atoms with E-state index in [2.05, 4.69) is 10.6 Å². The summed E-state index contributed by atoms with van der Waals surface area (Å²) in [6.45, 7) is 2.92. The van der Waals surface area contributed by atoms with Crippen molar-refractivity contribution in [2.45, 2.75) is 32.5 Å². The number of rotatable bonds is 7. The Hall–Kier alpha value is -2.58. The van der Waals surface area contributed by atoms with Crippen LogP contribution in [0.25, 0.3) is 0 Å². The Balaban J connectivity index is 2.71. The molecule has 6 nitrogen and oxygen atoms in total. The van der Waals surface area contributed by atoms with Crippen LogP contribution in [0.5, 0.6) is 0 Å². The van der Waals surface area contributed by atoms with E-state index in [0.29, 0.717) is 0 Å². The van der Waals surface area contributed by atoms with Crippen molar-refractivity contribution in [3.05, 3.63) is 35.4 Å². The normalized spacial score (nSPS) is 12.6. The minimum absolute atomic E-state index is 0.00894. The molecule has 0 fully saturated rings. The first-order chi connectivity index (χ1) is 11.5. The van der Waals surface area contributed by atoms with Crippen LogP contribution in [0, 0.1) is 5.92 Å². The molecule has 0 saturated heterocycles. The average molecular weight is 360 g/mol. The minimum Gasteiger partial charge on any atom is -0.480 e. The molecule has 138 valence electrons. The molecule has 1 aromatic carbocycles. The fraction of sp³-hybridized carbons (Fsp3) is 0.438. The van der Waals surface area contributed by atoms with Gasteiger partial charge in [0.05, 0.1) is 17.7 Å². The molecule has 0 aliphatic rings. The van der Waals surface area contributed by atoms with Crippen LogP contribution in [0.2, 0.25) is 0 Å². The van der Waals surface area contributed by atoms with Gasteiger partial charge in [0.15, 0.2) is 0 Å². The lowest BCUT2D eigenvalue weighted by molar-refractivity contribution is -0.142. The van der Waals surface area contributed by atoms with E-state index in [4.69, 9.17) is 5.11 Å². The number of hydrogen-bond acceptors (Lipinski definition) is 3. The first-order valence-corrected chi connectivity index (χ1v) is 7.49. The number of hydrogen-bond donors (Lipinski definition) is 3. The summed E-state index contributed by atoms with van der Waals surface area (Å²) in [5.41, 5.74) is -1.73. The Bertz CT molecular complexity index is 645. The molecule has 1 aromatic rings. The number of carbonyl (C=O) groups excluding carboxylic acids is 2. The quantitative estimate of drug-likeness (QED) is 0.693. The molecule has 0 bridgehead atoms. The number of alkyl halides is 3. The first-order valence-electron chi connectivity index (χ1n) is 7.49. The van der Waals surface area contributed by atoms with E-state index in [1.807, 2.05) is 0 Å². The summed E-state index contributed by atoms with van der Waals surface area (Å²) in [4.78, 5) is 34.7. The lowest BCUT2D eigenvalue weighted by Crippen LogP contribution is -2.46. The second-order valence-electron chi connectivity index (χ2n) is 5.81. The van der Waals surface area contributed by atoms with Gasteiger partial charge in [0.25, 0.3) is 5.91 Å². The van der Waals surface area contributed by atoms with Gasteiger partial charge in [-0.05, 0) is 24.5 Å². The minimum atomic E-state index is -4.71. The fourth-order valence-corrected chi connectivity index (χ4v) is 2.12. The van der Waals surface area contributed by atoms with Gasteiger partial charge in [-0.3, -0.25) is 9.59 Å². The second kappa shape index (κ2) is 8.50. The van der Waals surface area contributed by atoms with E-state index in [9.17, 15) is 27.6 Å². The molecule has 0 unspecified atom stereocenters. The van der Waals surface area contributed by atoms with Crippen molar-refractivity contribution in [2.24, 2.45) is 5.92 Å². The topological polar surface area (TPSA) is 95.5 Å². The number of benzene rings is 1. The zero-order valence-electron chi connectivity index (χ0n) is 13.7. The summed E-state index contributed by atoms with van der Waals surface area (Å²) in [7, 11) is 0. The van der Waals surface area contributed by atoms with Crippen LogP contribution in [0.15, 0.2) is 24.3 Å². The summed E-state index contributed by atoms with van der Waals surface area (Å²) in [6.07, 6.45) is -4.52. The third kappa shape index (κ3) is 6.44. The maximum absolute atomic E-state index is 12.9. The molecule has 0 radical (unpaired) electrons. The Morgan fingerprint density at radius 1 is 1.16 bits per heavy atom. The number of aliphatic carboxylic acids is 1. The molecule has 0 saturated carbocycles. The molecular weight excluding hydrogens is 341 g/mol. The predicted molar refractivity (Wildman–Crippen MR) is 82.8 cm³/mol. The van der Waals surface area contributed by atoms with Gasteiger partial charge >= 0.3 is 12.1 Å². The second-order valence-corrected chi connectivity index (χ2v) is 5.81. The lowest BCUT2D eigenvalue weighted by atomic mass is 10.0. The standard InChI is InChI=1S/C16H19F3N2O4/c1-9(2)7-12(15(24)25)21-13(22)8-20-14(23)10-5-3-4-6-11(10)16(17,18)19/h3-6,9,12H,7-8H2,1-2H3,(H,20,23)(H,21,22)(H,24,25)/t12-/m0/s1. The molecule has 1 atom stereocenters. The highest BCUT2D eigenvalue weighted by Crippen LogP contribution is 2.31. The van der Waals surface area contributed by atoms with Crippen molar-refractivity contribution in [1.29, 1.82) is 0 Å². The molecule has 2 amide bonds. The summed E-state index contributed by atoms with van der Waals surface area (Å²) in [5, 5.41) is 13.3. The largest absolute Gasteiger partial charge is 0.480 e. The van der Waals surface area contributed by atoms with Gasteiger partial charge in [-0.1, -0.05) is 26.0 Å². The molecule has 3 N–H and O–H groups in total. The molecule has 0 aromatic heterocycles. The van der Waals surface area contributed by atoms with Crippen LogP contribution in [0.3, 0.4) is 0 Å². The van der Waals surface area contributed by atoms with Gasteiger partial charge in [0.2, 0.25) is 5.91 Å².